The Hall–Kier alpha value is -1.92. The molecular weight excluding hydrogens is 434 g/mol. The molecule has 0 radical (unpaired) electrons. The fraction of sp³-hybridized carbons (Fsp3) is 0.727. The maximum Gasteiger partial charge on any atom is 0.262 e. The Kier molecular flexibility index (Phi) is 4.77. The van der Waals surface area contributed by atoms with Crippen LogP contribution in [-0.4, -0.2) is 81.2 Å². The number of nitrogens with two attached hydrogens (primary N) is 1. The second-order valence-electron chi connectivity index (χ2n) is 10.2. The second-order valence-corrected chi connectivity index (χ2v) is 10.2. The fourth-order valence-electron chi connectivity index (χ4n) is 6.21. The Labute approximate surface area is 190 Å². The van der Waals surface area contributed by atoms with Crippen LogP contribution in [0.1, 0.15) is 44.9 Å². The lowest BCUT2D eigenvalue weighted by Gasteiger charge is -2.42. The van der Waals surface area contributed by atoms with Gasteiger partial charge in [-0.05, 0) is 51.9 Å². The molecule has 2 aromatic rings. The molecule has 4 aliphatic rings. The van der Waals surface area contributed by atoms with Crippen molar-refractivity contribution in [3.63, 3.8) is 0 Å². The molecule has 4 fully saturated rings. The number of nitrogens with zero attached hydrogens (tertiary/aromatic N) is 4. The molecule has 0 aromatic carbocycles. The summed E-state index contributed by atoms with van der Waals surface area (Å²) in [5, 5.41) is 7.65. The summed E-state index contributed by atoms with van der Waals surface area (Å²) in [5.41, 5.74) is 6.96. The quantitative estimate of drug-likeness (QED) is 0.709. The van der Waals surface area contributed by atoms with Crippen molar-refractivity contribution in [2.24, 2.45) is 0 Å². The summed E-state index contributed by atoms with van der Waals surface area (Å²) in [6.07, 6.45) is 1.07. The average Bonchev–Trinajstić information content (AvgIpc) is 3.44. The SMILES string of the molecule is CC1(C)O[C@@H]2[C@H](O1)[C@@H](CN1CC(F)(F)CC13CCNCC3)O[C@H]2c1ccc2c(N)ncnn12. The second kappa shape index (κ2) is 7.29. The molecule has 180 valence electrons. The van der Waals surface area contributed by atoms with Gasteiger partial charge in [-0.15, -0.1) is 0 Å². The molecule has 1 spiro atoms. The molecule has 4 aliphatic heterocycles. The van der Waals surface area contributed by atoms with Crippen LogP contribution in [-0.2, 0) is 14.2 Å². The van der Waals surface area contributed by atoms with E-state index in [9.17, 15) is 8.78 Å². The van der Waals surface area contributed by atoms with Gasteiger partial charge in [-0.25, -0.2) is 18.3 Å². The van der Waals surface area contributed by atoms with E-state index in [1.165, 1.54) is 6.33 Å². The number of likely N-dealkylation sites (tertiary alicyclic amines) is 1. The van der Waals surface area contributed by atoms with Crippen molar-refractivity contribution in [1.29, 1.82) is 0 Å². The van der Waals surface area contributed by atoms with Crippen molar-refractivity contribution in [2.75, 3.05) is 31.9 Å². The van der Waals surface area contributed by atoms with E-state index in [1.807, 2.05) is 30.9 Å². The molecule has 11 heteroatoms. The minimum Gasteiger partial charge on any atom is -0.382 e. The molecule has 4 saturated heterocycles. The summed E-state index contributed by atoms with van der Waals surface area (Å²) in [5.74, 6) is -3.12. The van der Waals surface area contributed by atoms with E-state index in [0.717, 1.165) is 18.8 Å². The number of anilines is 1. The van der Waals surface area contributed by atoms with Crippen LogP contribution in [0.25, 0.3) is 5.52 Å². The van der Waals surface area contributed by atoms with Crippen LogP contribution in [0, 0.1) is 0 Å². The highest BCUT2D eigenvalue weighted by atomic mass is 19.3. The van der Waals surface area contributed by atoms with Gasteiger partial charge in [0.2, 0.25) is 0 Å². The Morgan fingerprint density at radius 1 is 1.18 bits per heavy atom. The third-order valence-corrected chi connectivity index (χ3v) is 7.57. The largest absolute Gasteiger partial charge is 0.382 e. The van der Waals surface area contributed by atoms with E-state index in [2.05, 4.69) is 15.4 Å². The molecular formula is C22H30F2N6O3. The Balaban J connectivity index is 1.32. The number of alkyl halides is 2. The number of ether oxygens (including phenoxy) is 3. The number of nitrogen functional groups attached to an aromatic ring is 1. The highest BCUT2D eigenvalue weighted by molar-refractivity contribution is 5.65. The highest BCUT2D eigenvalue weighted by Gasteiger charge is 2.60. The number of nitrogens with one attached hydrogen (secondary N) is 1. The van der Waals surface area contributed by atoms with E-state index >= 15 is 0 Å². The normalized spacial score (nSPS) is 34.9. The molecule has 4 atom stereocenters. The van der Waals surface area contributed by atoms with Crippen molar-refractivity contribution in [2.45, 2.75) is 74.8 Å². The first-order valence-corrected chi connectivity index (χ1v) is 11.6. The summed E-state index contributed by atoms with van der Waals surface area (Å²) in [7, 11) is 0. The fourth-order valence-corrected chi connectivity index (χ4v) is 6.21. The summed E-state index contributed by atoms with van der Waals surface area (Å²) in [4.78, 5) is 6.00. The number of halogens is 2. The molecule has 6 heterocycles. The molecule has 9 nitrogen and oxygen atoms in total. The molecule has 0 aliphatic carbocycles. The Morgan fingerprint density at radius 3 is 2.73 bits per heavy atom. The summed E-state index contributed by atoms with van der Waals surface area (Å²) >= 11 is 0. The van der Waals surface area contributed by atoms with Gasteiger partial charge in [0.05, 0.1) is 12.2 Å². The zero-order valence-corrected chi connectivity index (χ0v) is 18.8. The van der Waals surface area contributed by atoms with Gasteiger partial charge >= 0.3 is 0 Å². The predicted octanol–water partition coefficient (Wildman–Crippen LogP) is 1.73. The molecule has 0 bridgehead atoms. The van der Waals surface area contributed by atoms with Crippen molar-refractivity contribution in [3.8, 4) is 0 Å². The first-order chi connectivity index (χ1) is 15.7. The molecule has 0 amide bonds. The molecule has 2 aromatic heterocycles. The van der Waals surface area contributed by atoms with Gasteiger partial charge in [-0.3, -0.25) is 4.90 Å². The number of aromatic nitrogens is 3. The minimum absolute atomic E-state index is 0.103. The van der Waals surface area contributed by atoms with Crippen LogP contribution in [0.2, 0.25) is 0 Å². The van der Waals surface area contributed by atoms with Gasteiger partial charge in [-0.2, -0.15) is 5.10 Å². The number of piperidine rings is 1. The first kappa shape index (κ1) is 21.6. The van der Waals surface area contributed by atoms with Gasteiger partial charge in [-0.1, -0.05) is 0 Å². The number of hydrogen-bond acceptors (Lipinski definition) is 8. The zero-order chi connectivity index (χ0) is 23.0. The van der Waals surface area contributed by atoms with Gasteiger partial charge in [0.15, 0.2) is 11.6 Å². The molecule has 0 unspecified atom stereocenters. The smallest absolute Gasteiger partial charge is 0.262 e. The zero-order valence-electron chi connectivity index (χ0n) is 18.8. The summed E-state index contributed by atoms with van der Waals surface area (Å²) < 4.78 is 49.9. The Morgan fingerprint density at radius 2 is 1.94 bits per heavy atom. The molecule has 0 saturated carbocycles. The number of rotatable bonds is 3. The van der Waals surface area contributed by atoms with Gasteiger partial charge in [0.1, 0.15) is 36.3 Å². The first-order valence-electron chi connectivity index (χ1n) is 11.6. The van der Waals surface area contributed by atoms with E-state index in [1.54, 1.807) is 4.52 Å². The topological polar surface area (TPSA) is 99.2 Å². The summed E-state index contributed by atoms with van der Waals surface area (Å²) in [6, 6.07) is 3.75. The summed E-state index contributed by atoms with van der Waals surface area (Å²) in [6.45, 7) is 5.35. The van der Waals surface area contributed by atoms with Crippen molar-refractivity contribution in [3.05, 3.63) is 24.2 Å². The monoisotopic (exact) mass is 464 g/mol. The van der Waals surface area contributed by atoms with Crippen LogP contribution in [0.5, 0.6) is 0 Å². The van der Waals surface area contributed by atoms with E-state index in [0.29, 0.717) is 30.7 Å². The van der Waals surface area contributed by atoms with Gasteiger partial charge < -0.3 is 25.3 Å². The van der Waals surface area contributed by atoms with E-state index < -0.39 is 29.5 Å². The van der Waals surface area contributed by atoms with E-state index in [4.69, 9.17) is 19.9 Å². The van der Waals surface area contributed by atoms with Crippen LogP contribution >= 0.6 is 0 Å². The van der Waals surface area contributed by atoms with Crippen molar-refractivity contribution < 1.29 is 23.0 Å². The maximum atomic E-state index is 14.6. The Bertz CT molecular complexity index is 1060. The standard InChI is InChI=1S/C22H30F2N6O3/c1-20(2)32-17-15(9-29-11-22(23,24)10-21(29)5-7-26-8-6-21)31-16(18(17)33-20)13-3-4-14-19(25)27-12-28-30(13)14/h3-4,12,15-18,26H,5-11H2,1-2H3,(H2,25,27,28)/t15-,16+,17-,18+/m1/s1. The lowest BCUT2D eigenvalue weighted by molar-refractivity contribution is -0.191. The van der Waals surface area contributed by atoms with Gasteiger partial charge in [0.25, 0.3) is 5.92 Å². The number of hydrogen-bond donors (Lipinski definition) is 2. The third kappa shape index (κ3) is 3.52. The minimum atomic E-state index is -2.70. The van der Waals surface area contributed by atoms with E-state index in [-0.39, 0.29) is 25.2 Å². The van der Waals surface area contributed by atoms with Crippen LogP contribution in [0.3, 0.4) is 0 Å². The lowest BCUT2D eigenvalue weighted by atomic mass is 9.85. The van der Waals surface area contributed by atoms with Crippen LogP contribution < -0.4 is 11.1 Å². The van der Waals surface area contributed by atoms with Crippen LogP contribution in [0.15, 0.2) is 18.5 Å². The van der Waals surface area contributed by atoms with Crippen molar-refractivity contribution in [1.82, 2.24) is 24.8 Å². The predicted molar refractivity (Wildman–Crippen MR) is 115 cm³/mol. The third-order valence-electron chi connectivity index (χ3n) is 7.57. The lowest BCUT2D eigenvalue weighted by Crippen LogP contribution is -2.54. The van der Waals surface area contributed by atoms with Crippen LogP contribution in [0.4, 0.5) is 14.6 Å². The average molecular weight is 465 g/mol. The molecule has 3 N–H and O–H groups in total. The molecule has 6 rings (SSSR count). The highest BCUT2D eigenvalue weighted by Crippen LogP contribution is 2.49. The number of fused-ring (bicyclic) bond motifs is 2. The maximum absolute atomic E-state index is 14.6. The molecule has 33 heavy (non-hydrogen) atoms. The van der Waals surface area contributed by atoms with Gasteiger partial charge in [0, 0.05) is 18.5 Å². The van der Waals surface area contributed by atoms with Crippen molar-refractivity contribution >= 4 is 11.3 Å².